The number of hydrogen-bond donors (Lipinski definition) is 0. The first-order valence-corrected chi connectivity index (χ1v) is 5.78. The number of rotatable bonds is 5. The Morgan fingerprint density at radius 1 is 1.44 bits per heavy atom. The van der Waals surface area contributed by atoms with Crippen molar-refractivity contribution in [2.24, 2.45) is 0 Å². The van der Waals surface area contributed by atoms with Crippen molar-refractivity contribution in [2.45, 2.75) is 12.1 Å². The second-order valence-corrected chi connectivity index (χ2v) is 4.15. The van der Waals surface area contributed by atoms with Gasteiger partial charge in [-0.05, 0) is 5.56 Å². The molecule has 0 saturated carbocycles. The summed E-state index contributed by atoms with van der Waals surface area (Å²) in [6.07, 6.45) is 1.68. The van der Waals surface area contributed by atoms with Gasteiger partial charge in [0.15, 0.2) is 6.29 Å². The lowest BCUT2D eigenvalue weighted by Crippen LogP contribution is -2.39. The van der Waals surface area contributed by atoms with Crippen molar-refractivity contribution in [1.82, 2.24) is 4.90 Å². The third kappa shape index (κ3) is 2.39. The van der Waals surface area contributed by atoms with Crippen LogP contribution in [0.5, 0.6) is 0 Å². The highest BCUT2D eigenvalue weighted by Gasteiger charge is 2.40. The highest BCUT2D eigenvalue weighted by Crippen LogP contribution is 2.31. The summed E-state index contributed by atoms with van der Waals surface area (Å²) in [7, 11) is 0. The molecule has 1 saturated heterocycles. The van der Waals surface area contributed by atoms with E-state index >= 15 is 0 Å². The van der Waals surface area contributed by atoms with Crippen LogP contribution >= 0.6 is 0 Å². The Hall–Kier alpha value is -1.78. The van der Waals surface area contributed by atoms with E-state index in [-0.39, 0.29) is 6.10 Å². The third-order valence-corrected chi connectivity index (χ3v) is 3.00. The van der Waals surface area contributed by atoms with Gasteiger partial charge in [0.2, 0.25) is 5.78 Å². The second-order valence-electron chi connectivity index (χ2n) is 4.15. The molecule has 0 radical (unpaired) electrons. The molecule has 2 rings (SSSR count). The maximum Gasteiger partial charge on any atom is 0.215 e. The summed E-state index contributed by atoms with van der Waals surface area (Å²) < 4.78 is 5.64. The van der Waals surface area contributed by atoms with Crippen LogP contribution in [0.1, 0.15) is 11.7 Å². The van der Waals surface area contributed by atoms with Crippen LogP contribution in [0.2, 0.25) is 0 Å². The topological polar surface area (TPSA) is 46.6 Å². The first-order valence-electron chi connectivity index (χ1n) is 5.78. The Morgan fingerprint density at radius 3 is 2.78 bits per heavy atom. The average molecular weight is 245 g/mol. The highest BCUT2D eigenvalue weighted by atomic mass is 16.5. The smallest absolute Gasteiger partial charge is 0.215 e. The molecule has 1 aromatic rings. The maximum absolute atomic E-state index is 11.8. The molecular formula is C14H15NO3. The molecule has 4 heteroatoms. The fourth-order valence-electron chi connectivity index (χ4n) is 2.19. The minimum Gasteiger partial charge on any atom is -0.356 e. The fraction of sp³-hybridized carbons (Fsp3) is 0.286. The number of carbonyl (C=O) groups is 2. The summed E-state index contributed by atoms with van der Waals surface area (Å²) >= 11 is 0. The quantitative estimate of drug-likeness (QED) is 0.446. The van der Waals surface area contributed by atoms with E-state index in [1.54, 1.807) is 11.0 Å². The van der Waals surface area contributed by atoms with Gasteiger partial charge < -0.3 is 4.74 Å². The molecule has 2 atom stereocenters. The second kappa shape index (κ2) is 5.71. The number of ether oxygens (including phenoxy) is 1. The van der Waals surface area contributed by atoms with Crippen LogP contribution in [0, 0.1) is 0 Å². The van der Waals surface area contributed by atoms with Crippen LogP contribution in [0.3, 0.4) is 0 Å². The molecule has 2 unspecified atom stereocenters. The zero-order valence-electron chi connectivity index (χ0n) is 9.99. The predicted octanol–water partition coefficient (Wildman–Crippen LogP) is 1.34. The standard InChI is InChI=1S/C14H15NO3/c1-2-8-15-10-18-14(13(15)12(17)9-16)11-6-4-3-5-7-11/h2-7,9,13-14H,1,8,10H2. The van der Waals surface area contributed by atoms with Crippen molar-refractivity contribution in [1.29, 1.82) is 0 Å². The molecular weight excluding hydrogens is 230 g/mol. The van der Waals surface area contributed by atoms with Gasteiger partial charge in [0, 0.05) is 6.54 Å². The molecule has 1 aliphatic rings. The van der Waals surface area contributed by atoms with E-state index < -0.39 is 11.8 Å². The number of nitrogens with zero attached hydrogens (tertiary/aromatic N) is 1. The largest absolute Gasteiger partial charge is 0.356 e. The number of Topliss-reactive ketones (excluding diaryl/α,β-unsaturated/α-hetero) is 1. The molecule has 94 valence electrons. The van der Waals surface area contributed by atoms with Crippen molar-refractivity contribution in [3.63, 3.8) is 0 Å². The maximum atomic E-state index is 11.8. The molecule has 0 aromatic heterocycles. The first-order chi connectivity index (χ1) is 8.77. The molecule has 18 heavy (non-hydrogen) atoms. The molecule has 1 heterocycles. The van der Waals surface area contributed by atoms with Crippen LogP contribution in [-0.4, -0.2) is 36.3 Å². The van der Waals surface area contributed by atoms with Crippen molar-refractivity contribution >= 4 is 12.1 Å². The Kier molecular flexibility index (Phi) is 4.02. The Bertz CT molecular complexity index is 444. The molecule has 0 N–H and O–H groups in total. The molecule has 4 nitrogen and oxygen atoms in total. The molecule has 1 fully saturated rings. The van der Waals surface area contributed by atoms with E-state index in [0.717, 1.165) is 5.56 Å². The summed E-state index contributed by atoms with van der Waals surface area (Å²) in [5.74, 6) is -0.455. The van der Waals surface area contributed by atoms with E-state index in [0.29, 0.717) is 19.6 Å². The number of aldehydes is 1. The van der Waals surface area contributed by atoms with Gasteiger partial charge in [-0.1, -0.05) is 36.4 Å². The predicted molar refractivity (Wildman–Crippen MR) is 66.9 cm³/mol. The molecule has 0 aliphatic carbocycles. The van der Waals surface area contributed by atoms with Gasteiger partial charge >= 0.3 is 0 Å². The summed E-state index contributed by atoms with van der Waals surface area (Å²) in [6, 6.07) is 8.91. The number of carbonyl (C=O) groups excluding carboxylic acids is 2. The Morgan fingerprint density at radius 2 is 2.17 bits per heavy atom. The lowest BCUT2D eigenvalue weighted by Gasteiger charge is -2.21. The van der Waals surface area contributed by atoms with E-state index in [1.807, 2.05) is 30.3 Å². The molecule has 1 aromatic carbocycles. The van der Waals surface area contributed by atoms with E-state index in [4.69, 9.17) is 4.74 Å². The number of hydrogen-bond acceptors (Lipinski definition) is 4. The summed E-state index contributed by atoms with van der Waals surface area (Å²) in [6.45, 7) is 4.50. The van der Waals surface area contributed by atoms with E-state index in [1.165, 1.54) is 0 Å². The average Bonchev–Trinajstić information content (AvgIpc) is 2.83. The fourth-order valence-corrected chi connectivity index (χ4v) is 2.19. The lowest BCUT2D eigenvalue weighted by atomic mass is 9.99. The van der Waals surface area contributed by atoms with Gasteiger partial charge in [0.05, 0.1) is 0 Å². The van der Waals surface area contributed by atoms with Crippen LogP contribution in [0.25, 0.3) is 0 Å². The van der Waals surface area contributed by atoms with Crippen molar-refractivity contribution < 1.29 is 14.3 Å². The summed E-state index contributed by atoms with van der Waals surface area (Å²) in [4.78, 5) is 24.3. The highest BCUT2D eigenvalue weighted by molar-refractivity contribution is 6.27. The van der Waals surface area contributed by atoms with Crippen molar-refractivity contribution in [2.75, 3.05) is 13.3 Å². The summed E-state index contributed by atoms with van der Waals surface area (Å²) in [5.41, 5.74) is 0.907. The third-order valence-electron chi connectivity index (χ3n) is 3.00. The number of benzene rings is 1. The zero-order valence-corrected chi connectivity index (χ0v) is 9.99. The van der Waals surface area contributed by atoms with E-state index in [9.17, 15) is 9.59 Å². The van der Waals surface area contributed by atoms with Crippen molar-refractivity contribution in [3.05, 3.63) is 48.6 Å². The Balaban J connectivity index is 2.27. The van der Waals surface area contributed by atoms with Gasteiger partial charge in [-0.3, -0.25) is 14.5 Å². The van der Waals surface area contributed by atoms with Gasteiger partial charge in [0.25, 0.3) is 0 Å². The van der Waals surface area contributed by atoms with Crippen LogP contribution in [0.15, 0.2) is 43.0 Å². The molecule has 0 amide bonds. The van der Waals surface area contributed by atoms with Crippen LogP contribution in [0.4, 0.5) is 0 Å². The molecule has 0 bridgehead atoms. The van der Waals surface area contributed by atoms with E-state index in [2.05, 4.69) is 6.58 Å². The van der Waals surface area contributed by atoms with Gasteiger partial charge in [-0.15, -0.1) is 6.58 Å². The van der Waals surface area contributed by atoms with Crippen LogP contribution < -0.4 is 0 Å². The Labute approximate surface area is 106 Å². The monoisotopic (exact) mass is 245 g/mol. The zero-order chi connectivity index (χ0) is 13.0. The summed E-state index contributed by atoms with van der Waals surface area (Å²) in [5, 5.41) is 0. The minimum absolute atomic E-state index is 0.329. The molecule has 0 spiro atoms. The van der Waals surface area contributed by atoms with Gasteiger partial charge in [-0.2, -0.15) is 0 Å². The minimum atomic E-state index is -0.553. The number of ketones is 1. The van der Waals surface area contributed by atoms with Crippen molar-refractivity contribution in [3.8, 4) is 0 Å². The van der Waals surface area contributed by atoms with Crippen LogP contribution in [-0.2, 0) is 14.3 Å². The SMILES string of the molecule is C=CCN1COC(c2ccccc2)C1C(=O)C=O. The molecule has 1 aliphatic heterocycles. The van der Waals surface area contributed by atoms with Gasteiger partial charge in [0.1, 0.15) is 18.9 Å². The first kappa shape index (κ1) is 12.7. The lowest BCUT2D eigenvalue weighted by molar-refractivity contribution is -0.133. The van der Waals surface area contributed by atoms with Gasteiger partial charge in [-0.25, -0.2) is 0 Å². The normalized spacial score (nSPS) is 23.8.